The van der Waals surface area contributed by atoms with Crippen LogP contribution in [0.15, 0.2) is 6.07 Å². The molecule has 0 bridgehead atoms. The van der Waals surface area contributed by atoms with Gasteiger partial charge in [0.25, 0.3) is 0 Å². The van der Waals surface area contributed by atoms with Crippen LogP contribution in [-0.2, 0) is 11.3 Å². The van der Waals surface area contributed by atoms with E-state index in [1.165, 1.54) is 12.8 Å². The lowest BCUT2D eigenvalue weighted by Gasteiger charge is -2.32. The van der Waals surface area contributed by atoms with Crippen LogP contribution < -0.4 is 0 Å². The Morgan fingerprint density at radius 2 is 2.00 bits per heavy atom. The van der Waals surface area contributed by atoms with Crippen LogP contribution >= 0.6 is 0 Å². The lowest BCUT2D eigenvalue weighted by atomic mass is 10.2. The molecule has 1 aromatic rings. The highest BCUT2D eigenvalue weighted by Crippen LogP contribution is 2.39. The first kappa shape index (κ1) is 16.8. The van der Waals surface area contributed by atoms with Gasteiger partial charge in [0.1, 0.15) is 0 Å². The van der Waals surface area contributed by atoms with Crippen LogP contribution in [0.1, 0.15) is 30.1 Å². The van der Waals surface area contributed by atoms with Crippen molar-refractivity contribution in [3.05, 3.63) is 17.5 Å². The minimum atomic E-state index is -0.529. The van der Waals surface area contributed by atoms with E-state index in [2.05, 4.69) is 21.2 Å². The van der Waals surface area contributed by atoms with E-state index in [9.17, 15) is 9.90 Å². The number of nitrogens with zero attached hydrogens (tertiary/aromatic N) is 4. The van der Waals surface area contributed by atoms with Crippen LogP contribution in [0.4, 0.5) is 4.79 Å². The number of aromatic nitrogens is 2. The minimum absolute atomic E-state index is 0.0155. The number of aromatic amines is 1. The quantitative estimate of drug-likeness (QED) is 0.815. The molecular formula is C17H27N5O3. The van der Waals surface area contributed by atoms with Gasteiger partial charge in [0.05, 0.1) is 25.0 Å². The van der Waals surface area contributed by atoms with Crippen LogP contribution in [0.3, 0.4) is 0 Å². The van der Waals surface area contributed by atoms with E-state index in [-0.39, 0.29) is 6.03 Å². The number of urea groups is 1. The number of β-amino-alcohol motifs (C(OH)–C–C–N with tert-alkyl or cyclic N) is 1. The van der Waals surface area contributed by atoms with Gasteiger partial charge in [0.15, 0.2) is 0 Å². The number of carbonyl (C=O) groups excluding carboxylic acids is 1. The fourth-order valence-electron chi connectivity index (χ4n) is 3.62. The normalized spacial score (nSPS) is 25.9. The number of hydrogen-bond acceptors (Lipinski definition) is 5. The smallest absolute Gasteiger partial charge is 0.320 e. The zero-order valence-corrected chi connectivity index (χ0v) is 14.6. The first-order valence-corrected chi connectivity index (χ1v) is 9.25. The molecule has 2 aliphatic heterocycles. The maximum absolute atomic E-state index is 12.7. The van der Waals surface area contributed by atoms with Crippen LogP contribution in [0.25, 0.3) is 0 Å². The van der Waals surface area contributed by atoms with E-state index in [4.69, 9.17) is 4.74 Å². The molecule has 0 aromatic carbocycles. The van der Waals surface area contributed by atoms with Gasteiger partial charge in [-0.05, 0) is 18.9 Å². The first-order valence-electron chi connectivity index (χ1n) is 9.25. The summed E-state index contributed by atoms with van der Waals surface area (Å²) in [6.07, 6.45) is 1.95. The molecular weight excluding hydrogens is 322 g/mol. The summed E-state index contributed by atoms with van der Waals surface area (Å²) in [5.41, 5.74) is 2.25. The van der Waals surface area contributed by atoms with E-state index >= 15 is 0 Å². The molecule has 0 unspecified atom stereocenters. The number of morpholine rings is 1. The van der Waals surface area contributed by atoms with Crippen LogP contribution in [-0.4, -0.2) is 94.6 Å². The number of nitrogens with one attached hydrogen (secondary N) is 1. The first-order chi connectivity index (χ1) is 12.2. The van der Waals surface area contributed by atoms with Gasteiger partial charge < -0.3 is 19.6 Å². The summed E-state index contributed by atoms with van der Waals surface area (Å²) in [4.78, 5) is 18.4. The molecule has 2 saturated heterocycles. The Hall–Kier alpha value is -1.64. The summed E-state index contributed by atoms with van der Waals surface area (Å²) in [5.74, 6) is 0.640. The van der Waals surface area contributed by atoms with Gasteiger partial charge in [-0.15, -0.1) is 0 Å². The van der Waals surface area contributed by atoms with Crippen molar-refractivity contribution >= 4 is 6.03 Å². The molecule has 3 aliphatic rings. The molecule has 25 heavy (non-hydrogen) atoms. The van der Waals surface area contributed by atoms with Crippen molar-refractivity contribution in [2.75, 3.05) is 52.5 Å². The SMILES string of the molecule is O=C(N1CCOCC1)N1CCN(Cc2cc(C3CC3)n[nH]2)C[C@H](O)C1. The van der Waals surface area contributed by atoms with Crippen molar-refractivity contribution in [3.63, 3.8) is 0 Å². The van der Waals surface area contributed by atoms with Crippen molar-refractivity contribution in [2.24, 2.45) is 0 Å². The summed E-state index contributed by atoms with van der Waals surface area (Å²) in [6, 6.07) is 2.16. The number of ether oxygens (including phenoxy) is 1. The molecule has 1 aliphatic carbocycles. The monoisotopic (exact) mass is 349 g/mol. The Morgan fingerprint density at radius 3 is 2.76 bits per heavy atom. The molecule has 3 heterocycles. The standard InChI is InChI=1S/C17H27N5O3/c23-15-11-20(10-14-9-16(19-18-14)13-1-2-13)3-4-22(12-15)17(24)21-5-7-25-8-6-21/h9,13,15,23H,1-8,10-12H2,(H,18,19)/t15-/m0/s1. The van der Waals surface area contributed by atoms with Crippen molar-refractivity contribution in [3.8, 4) is 0 Å². The molecule has 2 N–H and O–H groups in total. The van der Waals surface area contributed by atoms with E-state index in [1.54, 1.807) is 4.90 Å². The van der Waals surface area contributed by atoms with Crippen LogP contribution in [0.5, 0.6) is 0 Å². The van der Waals surface area contributed by atoms with Gasteiger partial charge in [-0.2, -0.15) is 5.10 Å². The van der Waals surface area contributed by atoms with Gasteiger partial charge in [-0.25, -0.2) is 4.79 Å². The molecule has 1 aromatic heterocycles. The minimum Gasteiger partial charge on any atom is -0.390 e. The van der Waals surface area contributed by atoms with Crippen LogP contribution in [0.2, 0.25) is 0 Å². The number of aliphatic hydroxyl groups excluding tert-OH is 1. The Bertz CT molecular complexity index is 597. The lowest BCUT2D eigenvalue weighted by molar-refractivity contribution is 0.0398. The highest BCUT2D eigenvalue weighted by atomic mass is 16.5. The number of hydrogen-bond donors (Lipinski definition) is 2. The van der Waals surface area contributed by atoms with E-state index in [0.717, 1.165) is 24.5 Å². The molecule has 2 amide bonds. The topological polar surface area (TPSA) is 84.9 Å². The second-order valence-corrected chi connectivity index (χ2v) is 7.31. The fraction of sp³-hybridized carbons (Fsp3) is 0.765. The Labute approximate surface area is 147 Å². The average molecular weight is 349 g/mol. The number of H-pyrrole nitrogens is 1. The highest BCUT2D eigenvalue weighted by Gasteiger charge is 2.29. The predicted octanol–water partition coefficient (Wildman–Crippen LogP) is 0.218. The van der Waals surface area contributed by atoms with Crippen LogP contribution in [0, 0.1) is 0 Å². The molecule has 1 atom stereocenters. The molecule has 4 rings (SSSR count). The Balaban J connectivity index is 1.34. The van der Waals surface area contributed by atoms with Crippen molar-refractivity contribution in [1.82, 2.24) is 24.9 Å². The second-order valence-electron chi connectivity index (χ2n) is 7.31. The van der Waals surface area contributed by atoms with Gasteiger partial charge >= 0.3 is 6.03 Å². The zero-order chi connectivity index (χ0) is 17.2. The zero-order valence-electron chi connectivity index (χ0n) is 14.6. The Kier molecular flexibility index (Phi) is 4.91. The summed E-state index contributed by atoms with van der Waals surface area (Å²) in [5, 5.41) is 17.9. The summed E-state index contributed by atoms with van der Waals surface area (Å²) in [7, 11) is 0. The number of carbonyl (C=O) groups is 1. The number of rotatable bonds is 3. The van der Waals surface area contributed by atoms with E-state index in [0.29, 0.717) is 51.9 Å². The molecule has 8 heteroatoms. The third-order valence-corrected chi connectivity index (χ3v) is 5.18. The molecule has 3 fully saturated rings. The molecule has 138 valence electrons. The average Bonchev–Trinajstić information content (AvgIpc) is 3.40. The summed E-state index contributed by atoms with van der Waals surface area (Å²) < 4.78 is 5.31. The second kappa shape index (κ2) is 7.31. The highest BCUT2D eigenvalue weighted by molar-refractivity contribution is 5.74. The van der Waals surface area contributed by atoms with Gasteiger partial charge in [-0.3, -0.25) is 10.00 Å². The maximum Gasteiger partial charge on any atom is 0.320 e. The summed E-state index contributed by atoms with van der Waals surface area (Å²) >= 11 is 0. The predicted molar refractivity (Wildman–Crippen MR) is 91.2 cm³/mol. The van der Waals surface area contributed by atoms with Gasteiger partial charge in [-0.1, -0.05) is 0 Å². The molecule has 1 saturated carbocycles. The van der Waals surface area contributed by atoms with E-state index < -0.39 is 6.10 Å². The third kappa shape index (κ3) is 4.13. The fourth-order valence-corrected chi connectivity index (χ4v) is 3.62. The largest absolute Gasteiger partial charge is 0.390 e. The van der Waals surface area contributed by atoms with Gasteiger partial charge in [0, 0.05) is 57.4 Å². The molecule has 0 radical (unpaired) electrons. The number of amides is 2. The molecule has 0 spiro atoms. The van der Waals surface area contributed by atoms with Crippen molar-refractivity contribution < 1.29 is 14.6 Å². The van der Waals surface area contributed by atoms with Crippen molar-refractivity contribution in [2.45, 2.75) is 31.4 Å². The number of aliphatic hydroxyl groups is 1. The Morgan fingerprint density at radius 1 is 1.20 bits per heavy atom. The maximum atomic E-state index is 12.7. The lowest BCUT2D eigenvalue weighted by Crippen LogP contribution is -2.50. The third-order valence-electron chi connectivity index (χ3n) is 5.18. The van der Waals surface area contributed by atoms with E-state index in [1.807, 2.05) is 4.90 Å². The van der Waals surface area contributed by atoms with Crippen molar-refractivity contribution in [1.29, 1.82) is 0 Å². The summed E-state index contributed by atoms with van der Waals surface area (Å²) in [6.45, 7) is 5.54. The molecule has 8 nitrogen and oxygen atoms in total. The van der Waals surface area contributed by atoms with Gasteiger partial charge in [0.2, 0.25) is 0 Å².